The Hall–Kier alpha value is -4.00. The molecule has 2 amide bonds. The second-order valence-electron chi connectivity index (χ2n) is 9.13. The Balaban J connectivity index is 1.58. The van der Waals surface area contributed by atoms with Crippen LogP contribution < -0.4 is 10.6 Å². The second kappa shape index (κ2) is 11.2. The van der Waals surface area contributed by atoms with Crippen LogP contribution >= 0.6 is 0 Å². The molecule has 0 aliphatic carbocycles. The van der Waals surface area contributed by atoms with Crippen molar-refractivity contribution < 1.29 is 23.5 Å². The molecule has 0 spiro atoms. The molecule has 0 bridgehead atoms. The molecule has 36 heavy (non-hydrogen) atoms. The van der Waals surface area contributed by atoms with E-state index in [0.29, 0.717) is 24.2 Å². The number of carbonyl (C=O) groups is 3. The third kappa shape index (κ3) is 5.62. The van der Waals surface area contributed by atoms with Gasteiger partial charge in [0, 0.05) is 30.7 Å². The fraction of sp³-hybridized carbons (Fsp3) is 0.462. The average molecular weight is 494 g/mol. The van der Waals surface area contributed by atoms with Gasteiger partial charge >= 0.3 is 5.97 Å². The molecule has 2 saturated heterocycles. The molecule has 190 valence electrons. The van der Waals surface area contributed by atoms with Crippen molar-refractivity contribution in [3.63, 3.8) is 0 Å². The highest BCUT2D eigenvalue weighted by atomic mass is 16.5. The number of nitrogens with one attached hydrogen (secondary N) is 2. The molecule has 4 rings (SSSR count). The minimum atomic E-state index is -0.824. The number of methoxy groups -OCH3 is 1. The van der Waals surface area contributed by atoms with Crippen LogP contribution in [0.1, 0.15) is 37.9 Å². The van der Waals surface area contributed by atoms with Gasteiger partial charge in [0.05, 0.1) is 13.7 Å². The fourth-order valence-electron chi connectivity index (χ4n) is 4.67. The lowest BCUT2D eigenvalue weighted by molar-refractivity contribution is -0.140. The third-order valence-electron chi connectivity index (χ3n) is 6.54. The summed E-state index contributed by atoms with van der Waals surface area (Å²) < 4.78 is 10.4. The van der Waals surface area contributed by atoms with Crippen molar-refractivity contribution in [2.45, 2.75) is 45.1 Å². The molecule has 0 saturated carbocycles. The van der Waals surface area contributed by atoms with Gasteiger partial charge in [-0.1, -0.05) is 0 Å². The molecule has 3 heterocycles. The smallest absolute Gasteiger partial charge is 0.352 e. The number of hydrogen-bond acceptors (Lipinski definition) is 8. The molecule has 10 nitrogen and oxygen atoms in total. The summed E-state index contributed by atoms with van der Waals surface area (Å²) in [6.45, 7) is 3.82. The zero-order chi connectivity index (χ0) is 25.7. The lowest BCUT2D eigenvalue weighted by atomic mass is 10.1. The molecule has 1 aromatic carbocycles. The van der Waals surface area contributed by atoms with Crippen LogP contribution in [0.2, 0.25) is 0 Å². The zero-order valence-electron chi connectivity index (χ0n) is 20.6. The number of likely N-dealkylation sites (tertiary alicyclic amines) is 2. The Morgan fingerprint density at radius 1 is 1.17 bits per heavy atom. The number of carbonyl (C=O) groups excluding carboxylic acids is 3. The van der Waals surface area contributed by atoms with Crippen molar-refractivity contribution >= 4 is 34.4 Å². The van der Waals surface area contributed by atoms with Crippen LogP contribution in [-0.4, -0.2) is 66.9 Å². The molecule has 2 aliphatic heterocycles. The number of fused-ring (bicyclic) bond motifs is 1. The van der Waals surface area contributed by atoms with Crippen LogP contribution in [0.3, 0.4) is 0 Å². The number of furan rings is 1. The van der Waals surface area contributed by atoms with E-state index >= 15 is 0 Å². The first-order chi connectivity index (χ1) is 17.4. The standard InChI is InChI=1S/C26H31N5O5/c1-17-13-18-14-19(8-9-22(18)36-17)28-24(20(15-27)26(34)35-2)29-21-7-3-4-12-31(25(21)33)16-23(32)30-10-5-6-11-30/h8-9,13-14,21,28-29H,3-7,10-12,16H2,1-2H3/b24-20+/t21-/m0/s1. The van der Waals surface area contributed by atoms with E-state index in [-0.39, 0.29) is 29.8 Å². The van der Waals surface area contributed by atoms with Crippen molar-refractivity contribution in [3.05, 3.63) is 41.4 Å². The molecule has 1 aromatic heterocycles. The van der Waals surface area contributed by atoms with Gasteiger partial charge in [-0.15, -0.1) is 0 Å². The normalized spacial score (nSPS) is 18.9. The van der Waals surface area contributed by atoms with Crippen LogP contribution in [0.15, 0.2) is 40.1 Å². The summed E-state index contributed by atoms with van der Waals surface area (Å²) in [5.74, 6) is -0.269. The molecular weight excluding hydrogens is 462 g/mol. The van der Waals surface area contributed by atoms with E-state index in [0.717, 1.165) is 49.9 Å². The fourth-order valence-corrected chi connectivity index (χ4v) is 4.67. The van der Waals surface area contributed by atoms with Crippen LogP contribution in [-0.2, 0) is 19.1 Å². The van der Waals surface area contributed by atoms with Gasteiger partial charge in [-0.3, -0.25) is 9.59 Å². The summed E-state index contributed by atoms with van der Waals surface area (Å²) in [4.78, 5) is 41.9. The quantitative estimate of drug-likeness (QED) is 0.342. The molecule has 0 radical (unpaired) electrons. The number of aryl methyl sites for hydroxylation is 1. The first kappa shape index (κ1) is 25.1. The SMILES string of the molecule is COC(=O)/C(C#N)=C(\Nc1ccc2oc(C)cc2c1)N[C@H]1CCCCN(CC(=O)N2CCCC2)C1=O. The number of hydrogen-bond donors (Lipinski definition) is 2. The minimum Gasteiger partial charge on any atom is -0.465 e. The zero-order valence-corrected chi connectivity index (χ0v) is 20.6. The van der Waals surface area contributed by atoms with E-state index in [1.807, 2.05) is 25.1 Å². The first-order valence-corrected chi connectivity index (χ1v) is 12.2. The monoisotopic (exact) mass is 493 g/mol. The molecule has 2 aliphatic rings. The molecule has 10 heteroatoms. The van der Waals surface area contributed by atoms with Crippen LogP contribution in [0.25, 0.3) is 11.0 Å². The van der Waals surface area contributed by atoms with E-state index in [9.17, 15) is 19.6 Å². The summed E-state index contributed by atoms with van der Waals surface area (Å²) in [5, 5.41) is 16.8. The maximum absolute atomic E-state index is 13.4. The van der Waals surface area contributed by atoms with Gasteiger partial charge in [-0.25, -0.2) is 4.79 Å². The lowest BCUT2D eigenvalue weighted by Crippen LogP contribution is -2.49. The van der Waals surface area contributed by atoms with Crippen LogP contribution in [0.5, 0.6) is 0 Å². The minimum absolute atomic E-state index is 0.0299. The van der Waals surface area contributed by atoms with Gasteiger partial charge < -0.3 is 29.6 Å². The highest BCUT2D eigenvalue weighted by molar-refractivity contribution is 5.95. The number of nitrogens with zero attached hydrogens (tertiary/aromatic N) is 3. The number of esters is 1. The second-order valence-corrected chi connectivity index (χ2v) is 9.13. The number of amides is 2. The predicted molar refractivity (Wildman–Crippen MR) is 132 cm³/mol. The van der Waals surface area contributed by atoms with Gasteiger partial charge in [-0.05, 0) is 63.3 Å². The maximum atomic E-state index is 13.4. The predicted octanol–water partition coefficient (Wildman–Crippen LogP) is 2.65. The number of ether oxygens (including phenoxy) is 1. The van der Waals surface area contributed by atoms with Crippen LogP contribution in [0, 0.1) is 18.3 Å². The summed E-state index contributed by atoms with van der Waals surface area (Å²) in [7, 11) is 1.19. The van der Waals surface area contributed by atoms with E-state index in [1.165, 1.54) is 7.11 Å². The molecule has 2 aromatic rings. The summed E-state index contributed by atoms with van der Waals surface area (Å²) in [5.41, 5.74) is 1.03. The van der Waals surface area contributed by atoms with E-state index in [4.69, 9.17) is 9.15 Å². The molecular formula is C26H31N5O5. The van der Waals surface area contributed by atoms with E-state index in [2.05, 4.69) is 10.6 Å². The number of rotatable bonds is 7. The Morgan fingerprint density at radius 2 is 1.92 bits per heavy atom. The Kier molecular flexibility index (Phi) is 7.78. The van der Waals surface area contributed by atoms with Gasteiger partial charge in [0.25, 0.3) is 0 Å². The molecule has 1 atom stereocenters. The van der Waals surface area contributed by atoms with Crippen LogP contribution in [0.4, 0.5) is 5.69 Å². The van der Waals surface area contributed by atoms with Crippen molar-refractivity contribution in [1.82, 2.24) is 15.1 Å². The number of benzene rings is 1. The Morgan fingerprint density at radius 3 is 2.64 bits per heavy atom. The number of nitriles is 1. The topological polar surface area (TPSA) is 128 Å². The first-order valence-electron chi connectivity index (χ1n) is 12.2. The lowest BCUT2D eigenvalue weighted by Gasteiger charge is -2.28. The molecule has 2 N–H and O–H groups in total. The van der Waals surface area contributed by atoms with Crippen molar-refractivity contribution in [1.29, 1.82) is 5.26 Å². The van der Waals surface area contributed by atoms with Crippen molar-refractivity contribution in [2.24, 2.45) is 0 Å². The summed E-state index contributed by atoms with van der Waals surface area (Å²) in [6.07, 6.45) is 3.99. The van der Waals surface area contributed by atoms with Gasteiger partial charge in [0.1, 0.15) is 29.3 Å². The Labute approximate surface area is 209 Å². The third-order valence-corrected chi connectivity index (χ3v) is 6.54. The Bertz CT molecular complexity index is 1220. The largest absolute Gasteiger partial charge is 0.465 e. The highest BCUT2D eigenvalue weighted by Crippen LogP contribution is 2.24. The summed E-state index contributed by atoms with van der Waals surface area (Å²) in [6, 6.07) is 8.43. The van der Waals surface area contributed by atoms with Gasteiger partial charge in [0.2, 0.25) is 11.8 Å². The van der Waals surface area contributed by atoms with E-state index in [1.54, 1.807) is 21.9 Å². The maximum Gasteiger partial charge on any atom is 0.352 e. The van der Waals surface area contributed by atoms with Crippen molar-refractivity contribution in [3.8, 4) is 6.07 Å². The molecule has 0 unspecified atom stereocenters. The van der Waals surface area contributed by atoms with Gasteiger partial charge in [-0.2, -0.15) is 5.26 Å². The number of anilines is 1. The van der Waals surface area contributed by atoms with Gasteiger partial charge in [0.15, 0.2) is 5.57 Å². The molecule has 2 fully saturated rings. The average Bonchev–Trinajstić information content (AvgIpc) is 3.50. The van der Waals surface area contributed by atoms with E-state index < -0.39 is 12.0 Å². The highest BCUT2D eigenvalue weighted by Gasteiger charge is 2.31. The summed E-state index contributed by atoms with van der Waals surface area (Å²) >= 11 is 0. The van der Waals surface area contributed by atoms with Crippen molar-refractivity contribution in [2.75, 3.05) is 38.6 Å².